The van der Waals surface area contributed by atoms with Gasteiger partial charge in [-0.05, 0) is 49.4 Å². The van der Waals surface area contributed by atoms with Gasteiger partial charge in [0.15, 0.2) is 0 Å². The van der Waals surface area contributed by atoms with Crippen LogP contribution in [0.4, 0.5) is 5.82 Å². The van der Waals surface area contributed by atoms with Crippen molar-refractivity contribution in [2.24, 2.45) is 0 Å². The van der Waals surface area contributed by atoms with Gasteiger partial charge < -0.3 is 19.9 Å². The zero-order chi connectivity index (χ0) is 20.1. The molecule has 7 heteroatoms. The number of carbonyl (C=O) groups is 2. The van der Waals surface area contributed by atoms with Gasteiger partial charge in [-0.1, -0.05) is 13.3 Å². The Balaban J connectivity index is 1.75. The van der Waals surface area contributed by atoms with E-state index < -0.39 is 5.97 Å². The van der Waals surface area contributed by atoms with Crippen LogP contribution in [-0.4, -0.2) is 42.0 Å². The molecule has 0 saturated carbocycles. The zero-order valence-electron chi connectivity index (χ0n) is 16.8. The molecule has 0 unspecified atom stereocenters. The fraction of sp³-hybridized carbons (Fsp3) is 0.476. The largest absolute Gasteiger partial charge is 0.465 e. The Morgan fingerprint density at radius 3 is 2.75 bits per heavy atom. The number of amides is 1. The summed E-state index contributed by atoms with van der Waals surface area (Å²) in [6, 6.07) is 3.94. The molecule has 0 radical (unpaired) electrons. The number of hydrogen-bond acceptors (Lipinski definition) is 5. The quantitative estimate of drug-likeness (QED) is 0.717. The topological polar surface area (TPSA) is 87.3 Å². The number of aryl methyl sites for hydroxylation is 1. The molecule has 2 N–H and O–H groups in total. The Bertz CT molecular complexity index is 853. The number of nitrogens with zero attached hydrogens (tertiary/aromatic N) is 2. The Morgan fingerprint density at radius 2 is 2.07 bits per heavy atom. The molecule has 28 heavy (non-hydrogen) atoms. The van der Waals surface area contributed by atoms with Gasteiger partial charge in [0.2, 0.25) is 0 Å². The Morgan fingerprint density at radius 1 is 1.32 bits per heavy atom. The summed E-state index contributed by atoms with van der Waals surface area (Å²) in [6.07, 6.45) is 5.62. The number of anilines is 1. The number of carbonyl (C=O) groups excluding carboxylic acids is 2. The molecule has 0 atom stereocenters. The van der Waals surface area contributed by atoms with Crippen LogP contribution < -0.4 is 10.2 Å². The third-order valence-corrected chi connectivity index (χ3v) is 5.10. The molecular formula is C21H28N4O3. The van der Waals surface area contributed by atoms with Gasteiger partial charge in [0.05, 0.1) is 12.7 Å². The van der Waals surface area contributed by atoms with E-state index in [0.29, 0.717) is 29.9 Å². The van der Waals surface area contributed by atoms with E-state index in [4.69, 9.17) is 4.74 Å². The first-order valence-corrected chi connectivity index (χ1v) is 9.83. The van der Waals surface area contributed by atoms with Crippen molar-refractivity contribution in [1.29, 1.82) is 0 Å². The molecule has 150 valence electrons. The fourth-order valence-electron chi connectivity index (χ4n) is 3.71. The molecule has 2 aromatic heterocycles. The van der Waals surface area contributed by atoms with Crippen LogP contribution in [0.1, 0.15) is 63.9 Å². The SMILES string of the molecule is CCCc1c(C(=O)NCc2ccnc(N3CCCC3)c2)[nH]c(C)c1C(=O)OC. The second kappa shape index (κ2) is 8.91. The molecule has 0 aromatic carbocycles. The maximum Gasteiger partial charge on any atom is 0.339 e. The van der Waals surface area contributed by atoms with E-state index >= 15 is 0 Å². The molecule has 2 aromatic rings. The molecule has 1 saturated heterocycles. The minimum atomic E-state index is -0.416. The van der Waals surface area contributed by atoms with Crippen LogP contribution in [0.25, 0.3) is 0 Å². The molecule has 3 rings (SSSR count). The highest BCUT2D eigenvalue weighted by molar-refractivity contribution is 6.00. The van der Waals surface area contributed by atoms with Crippen LogP contribution in [0.5, 0.6) is 0 Å². The number of nitrogens with one attached hydrogen (secondary N) is 2. The van der Waals surface area contributed by atoms with E-state index in [1.807, 2.05) is 19.1 Å². The van der Waals surface area contributed by atoms with Gasteiger partial charge in [0, 0.05) is 31.5 Å². The van der Waals surface area contributed by atoms with E-state index in [1.54, 1.807) is 13.1 Å². The molecule has 3 heterocycles. The van der Waals surface area contributed by atoms with Crippen LogP contribution >= 0.6 is 0 Å². The first-order valence-electron chi connectivity index (χ1n) is 9.83. The average Bonchev–Trinajstić information content (AvgIpc) is 3.35. The van der Waals surface area contributed by atoms with Crippen LogP contribution in [0.2, 0.25) is 0 Å². The van der Waals surface area contributed by atoms with Gasteiger partial charge in [-0.3, -0.25) is 4.79 Å². The minimum Gasteiger partial charge on any atom is -0.465 e. The predicted molar refractivity (Wildman–Crippen MR) is 108 cm³/mol. The van der Waals surface area contributed by atoms with E-state index in [1.165, 1.54) is 20.0 Å². The standard InChI is InChI=1S/C21H28N4O3/c1-4-7-16-18(21(27)28-3)14(2)24-19(16)20(26)23-13-15-8-9-22-17(12-15)25-10-5-6-11-25/h8-9,12,24H,4-7,10-11,13H2,1-3H3,(H,23,26). The predicted octanol–water partition coefficient (Wildman–Crippen LogP) is 2.99. The minimum absolute atomic E-state index is 0.221. The van der Waals surface area contributed by atoms with E-state index in [-0.39, 0.29) is 5.91 Å². The van der Waals surface area contributed by atoms with E-state index in [9.17, 15) is 9.59 Å². The van der Waals surface area contributed by atoms with Crippen molar-refractivity contribution in [2.45, 2.75) is 46.1 Å². The average molecular weight is 384 g/mol. The first kappa shape index (κ1) is 19.9. The highest BCUT2D eigenvalue weighted by Crippen LogP contribution is 2.22. The van der Waals surface area contributed by atoms with Crippen molar-refractivity contribution in [3.63, 3.8) is 0 Å². The number of rotatable bonds is 7. The maximum absolute atomic E-state index is 12.8. The number of ether oxygens (including phenoxy) is 1. The molecule has 7 nitrogen and oxygen atoms in total. The van der Waals surface area contributed by atoms with Crippen molar-refractivity contribution < 1.29 is 14.3 Å². The number of pyridine rings is 1. The van der Waals surface area contributed by atoms with Crippen molar-refractivity contribution >= 4 is 17.7 Å². The van der Waals surface area contributed by atoms with Gasteiger partial charge in [0.25, 0.3) is 5.91 Å². The van der Waals surface area contributed by atoms with Crippen LogP contribution in [0.3, 0.4) is 0 Å². The Hall–Kier alpha value is -2.83. The Labute approximate surface area is 165 Å². The van der Waals surface area contributed by atoms with Gasteiger partial charge in [-0.25, -0.2) is 9.78 Å². The molecule has 1 amide bonds. The van der Waals surface area contributed by atoms with Gasteiger partial charge in [0.1, 0.15) is 11.5 Å². The van der Waals surface area contributed by atoms with Gasteiger partial charge in [-0.2, -0.15) is 0 Å². The van der Waals surface area contributed by atoms with E-state index in [0.717, 1.165) is 36.5 Å². The van der Waals surface area contributed by atoms with Gasteiger partial charge in [-0.15, -0.1) is 0 Å². The van der Waals surface area contributed by atoms with Crippen LogP contribution in [0, 0.1) is 6.92 Å². The number of aromatic amines is 1. The zero-order valence-corrected chi connectivity index (χ0v) is 16.8. The summed E-state index contributed by atoms with van der Waals surface area (Å²) in [5.74, 6) is 0.321. The summed E-state index contributed by atoms with van der Waals surface area (Å²) < 4.78 is 4.89. The summed E-state index contributed by atoms with van der Waals surface area (Å²) >= 11 is 0. The molecule has 0 spiro atoms. The first-order chi connectivity index (χ1) is 13.5. The summed E-state index contributed by atoms with van der Waals surface area (Å²) in [6.45, 7) is 6.26. The smallest absolute Gasteiger partial charge is 0.339 e. The van der Waals surface area contributed by atoms with Crippen molar-refractivity contribution in [1.82, 2.24) is 15.3 Å². The maximum atomic E-state index is 12.8. The number of methoxy groups -OCH3 is 1. The van der Waals surface area contributed by atoms with Gasteiger partial charge >= 0.3 is 5.97 Å². The second-order valence-corrected chi connectivity index (χ2v) is 7.12. The van der Waals surface area contributed by atoms with Crippen molar-refractivity contribution in [2.75, 3.05) is 25.1 Å². The van der Waals surface area contributed by atoms with Crippen LogP contribution in [-0.2, 0) is 17.7 Å². The molecular weight excluding hydrogens is 356 g/mol. The normalized spacial score (nSPS) is 13.6. The van der Waals surface area contributed by atoms with Crippen LogP contribution in [0.15, 0.2) is 18.3 Å². The molecule has 1 aliphatic rings. The summed E-state index contributed by atoms with van der Waals surface area (Å²) in [5.41, 5.74) is 3.28. The van der Waals surface area contributed by atoms with Crippen molar-refractivity contribution in [3.05, 3.63) is 46.4 Å². The highest BCUT2D eigenvalue weighted by atomic mass is 16.5. The summed E-state index contributed by atoms with van der Waals surface area (Å²) in [4.78, 5) is 34.7. The monoisotopic (exact) mass is 384 g/mol. The fourth-order valence-corrected chi connectivity index (χ4v) is 3.71. The lowest BCUT2D eigenvalue weighted by Gasteiger charge is -2.17. The molecule has 0 bridgehead atoms. The third kappa shape index (κ3) is 4.18. The van der Waals surface area contributed by atoms with Crippen molar-refractivity contribution in [3.8, 4) is 0 Å². The lowest BCUT2D eigenvalue weighted by atomic mass is 10.0. The number of esters is 1. The van der Waals surface area contributed by atoms with E-state index in [2.05, 4.69) is 20.2 Å². The number of aromatic nitrogens is 2. The summed E-state index contributed by atoms with van der Waals surface area (Å²) in [7, 11) is 1.35. The lowest BCUT2D eigenvalue weighted by Crippen LogP contribution is -2.25. The molecule has 0 aliphatic carbocycles. The number of hydrogen-bond donors (Lipinski definition) is 2. The Kier molecular flexibility index (Phi) is 6.34. The molecule has 1 aliphatic heterocycles. The molecule has 1 fully saturated rings. The lowest BCUT2D eigenvalue weighted by molar-refractivity contribution is 0.0599. The number of H-pyrrole nitrogens is 1. The third-order valence-electron chi connectivity index (χ3n) is 5.10. The highest BCUT2D eigenvalue weighted by Gasteiger charge is 2.24. The summed E-state index contributed by atoms with van der Waals surface area (Å²) in [5, 5.41) is 2.96. The second-order valence-electron chi connectivity index (χ2n) is 7.12.